The number of aryl methyl sites for hydroxylation is 1. The van der Waals surface area contributed by atoms with Crippen LogP contribution >= 0.6 is 0 Å². The van der Waals surface area contributed by atoms with Crippen molar-refractivity contribution in [3.05, 3.63) is 47.4 Å². The number of para-hydroxylation sites is 1. The summed E-state index contributed by atoms with van der Waals surface area (Å²) in [4.78, 5) is 20.8. The Labute approximate surface area is 142 Å². The van der Waals surface area contributed by atoms with Crippen LogP contribution in [-0.2, 0) is 6.42 Å². The average molecular weight is 328 g/mol. The van der Waals surface area contributed by atoms with Crippen molar-refractivity contribution < 1.29 is 9.53 Å². The molecule has 0 unspecified atom stereocenters. The normalized spacial score (nSPS) is 10.5. The topological polar surface area (TPSA) is 76.1 Å². The van der Waals surface area contributed by atoms with E-state index >= 15 is 0 Å². The number of nitrogens with zero attached hydrogens (tertiary/aromatic N) is 2. The predicted octanol–water partition coefficient (Wildman–Crippen LogP) is 2.59. The third-order valence-electron chi connectivity index (χ3n) is 3.38. The summed E-state index contributed by atoms with van der Waals surface area (Å²) in [6.07, 6.45) is 0.691. The van der Waals surface area contributed by atoms with E-state index in [1.807, 2.05) is 38.1 Å². The molecule has 1 heterocycles. The van der Waals surface area contributed by atoms with Crippen LogP contribution in [0.1, 0.15) is 35.7 Å². The molecule has 1 aromatic carbocycles. The summed E-state index contributed by atoms with van der Waals surface area (Å²) in [6, 6.07) is 9.69. The number of carbonyl (C=O) groups excluding carboxylic acids is 1. The first-order valence-electron chi connectivity index (χ1n) is 8.02. The Bertz CT molecular complexity index is 701. The molecule has 1 amide bonds. The van der Waals surface area contributed by atoms with Crippen molar-refractivity contribution in [2.45, 2.75) is 33.2 Å². The van der Waals surface area contributed by atoms with Gasteiger partial charge in [0.25, 0.3) is 5.91 Å². The van der Waals surface area contributed by atoms with Gasteiger partial charge in [0.2, 0.25) is 0 Å². The highest BCUT2D eigenvalue weighted by Crippen LogP contribution is 2.17. The van der Waals surface area contributed by atoms with Gasteiger partial charge in [0, 0.05) is 18.7 Å². The van der Waals surface area contributed by atoms with Crippen molar-refractivity contribution >= 4 is 11.7 Å². The second-order valence-corrected chi connectivity index (χ2v) is 5.80. The maximum atomic E-state index is 12.3. The first-order chi connectivity index (χ1) is 11.5. The fourth-order valence-electron chi connectivity index (χ4n) is 2.36. The molecule has 0 radical (unpaired) electrons. The fourth-order valence-corrected chi connectivity index (χ4v) is 2.36. The number of aromatic nitrogens is 2. The van der Waals surface area contributed by atoms with Gasteiger partial charge in [-0.25, -0.2) is 9.97 Å². The van der Waals surface area contributed by atoms with Crippen LogP contribution in [0.5, 0.6) is 5.75 Å². The molecule has 0 aliphatic heterocycles. The van der Waals surface area contributed by atoms with Crippen LogP contribution in [0.2, 0.25) is 0 Å². The summed E-state index contributed by atoms with van der Waals surface area (Å²) in [7, 11) is 1.64. The highest BCUT2D eigenvalue weighted by molar-refractivity contribution is 5.92. The molecule has 0 fully saturated rings. The van der Waals surface area contributed by atoms with Gasteiger partial charge in [-0.2, -0.15) is 0 Å². The van der Waals surface area contributed by atoms with E-state index in [0.717, 1.165) is 11.3 Å². The summed E-state index contributed by atoms with van der Waals surface area (Å²) in [6.45, 7) is 6.32. The maximum absolute atomic E-state index is 12.3. The van der Waals surface area contributed by atoms with Crippen LogP contribution in [0.3, 0.4) is 0 Å². The smallest absolute Gasteiger partial charge is 0.270 e. The van der Waals surface area contributed by atoms with Gasteiger partial charge in [-0.05, 0) is 38.8 Å². The van der Waals surface area contributed by atoms with E-state index in [0.29, 0.717) is 30.3 Å². The zero-order valence-corrected chi connectivity index (χ0v) is 14.6. The molecule has 0 aliphatic carbocycles. The largest absolute Gasteiger partial charge is 0.496 e. The zero-order chi connectivity index (χ0) is 17.5. The number of hydrogen-bond donors (Lipinski definition) is 2. The quantitative estimate of drug-likeness (QED) is 0.817. The molecule has 6 nitrogen and oxygen atoms in total. The standard InChI is InChI=1S/C18H24N4O2/c1-12(2)20-17-11-15(21-13(3)22-17)18(23)19-10-9-14-7-5-6-8-16(14)24-4/h5-8,11-12H,9-10H2,1-4H3,(H,19,23)(H,20,21,22). The summed E-state index contributed by atoms with van der Waals surface area (Å²) >= 11 is 0. The molecule has 0 atom stereocenters. The summed E-state index contributed by atoms with van der Waals surface area (Å²) in [5, 5.41) is 6.08. The van der Waals surface area contributed by atoms with E-state index in [9.17, 15) is 4.79 Å². The summed E-state index contributed by atoms with van der Waals surface area (Å²) in [5.41, 5.74) is 1.42. The van der Waals surface area contributed by atoms with E-state index in [1.54, 1.807) is 20.1 Å². The van der Waals surface area contributed by atoms with Crippen LogP contribution in [0.25, 0.3) is 0 Å². The van der Waals surface area contributed by atoms with Crippen molar-refractivity contribution in [2.75, 3.05) is 19.0 Å². The van der Waals surface area contributed by atoms with Gasteiger partial charge in [0.1, 0.15) is 23.1 Å². The number of hydrogen-bond acceptors (Lipinski definition) is 5. The van der Waals surface area contributed by atoms with Gasteiger partial charge in [0.15, 0.2) is 0 Å². The van der Waals surface area contributed by atoms with Crippen molar-refractivity contribution in [3.8, 4) is 5.75 Å². The Morgan fingerprint density at radius 1 is 1.25 bits per heavy atom. The maximum Gasteiger partial charge on any atom is 0.270 e. The lowest BCUT2D eigenvalue weighted by Gasteiger charge is -2.12. The van der Waals surface area contributed by atoms with Gasteiger partial charge in [-0.3, -0.25) is 4.79 Å². The van der Waals surface area contributed by atoms with E-state index < -0.39 is 0 Å². The number of rotatable bonds is 7. The average Bonchev–Trinajstić information content (AvgIpc) is 2.54. The number of amides is 1. The van der Waals surface area contributed by atoms with Crippen LogP contribution in [0.15, 0.2) is 30.3 Å². The molecule has 2 N–H and O–H groups in total. The molecule has 0 bridgehead atoms. The van der Waals surface area contributed by atoms with E-state index in [-0.39, 0.29) is 11.9 Å². The van der Waals surface area contributed by atoms with E-state index in [4.69, 9.17) is 4.74 Å². The predicted molar refractivity (Wildman–Crippen MR) is 94.6 cm³/mol. The van der Waals surface area contributed by atoms with Crippen LogP contribution in [-0.4, -0.2) is 35.6 Å². The van der Waals surface area contributed by atoms with Crippen LogP contribution in [0.4, 0.5) is 5.82 Å². The molecule has 24 heavy (non-hydrogen) atoms. The number of anilines is 1. The minimum Gasteiger partial charge on any atom is -0.496 e. The Kier molecular flexibility index (Phi) is 6.12. The van der Waals surface area contributed by atoms with Crippen molar-refractivity contribution in [1.29, 1.82) is 0 Å². The highest BCUT2D eigenvalue weighted by atomic mass is 16.5. The van der Waals surface area contributed by atoms with Gasteiger partial charge >= 0.3 is 0 Å². The van der Waals surface area contributed by atoms with Gasteiger partial charge < -0.3 is 15.4 Å². The molecule has 6 heteroatoms. The molecule has 0 aliphatic rings. The minimum atomic E-state index is -0.206. The summed E-state index contributed by atoms with van der Waals surface area (Å²) in [5.74, 6) is 1.85. The lowest BCUT2D eigenvalue weighted by atomic mass is 10.1. The molecular weight excluding hydrogens is 304 g/mol. The fraction of sp³-hybridized carbons (Fsp3) is 0.389. The zero-order valence-electron chi connectivity index (χ0n) is 14.6. The Morgan fingerprint density at radius 2 is 2.00 bits per heavy atom. The number of benzene rings is 1. The molecule has 2 rings (SSSR count). The third kappa shape index (κ3) is 4.94. The minimum absolute atomic E-state index is 0.206. The highest BCUT2D eigenvalue weighted by Gasteiger charge is 2.11. The summed E-state index contributed by atoms with van der Waals surface area (Å²) < 4.78 is 5.31. The monoisotopic (exact) mass is 328 g/mol. The molecule has 1 aromatic heterocycles. The number of ether oxygens (including phenoxy) is 1. The number of methoxy groups -OCH3 is 1. The molecule has 0 saturated heterocycles. The van der Waals surface area contributed by atoms with Crippen LogP contribution < -0.4 is 15.4 Å². The first kappa shape index (κ1) is 17.7. The second-order valence-electron chi connectivity index (χ2n) is 5.80. The SMILES string of the molecule is COc1ccccc1CCNC(=O)c1cc(NC(C)C)nc(C)n1. The van der Waals surface area contributed by atoms with Crippen molar-refractivity contribution in [3.63, 3.8) is 0 Å². The second kappa shape index (κ2) is 8.29. The molecular formula is C18H24N4O2. The van der Waals surface area contributed by atoms with Crippen LogP contribution in [0, 0.1) is 6.92 Å². The lowest BCUT2D eigenvalue weighted by Crippen LogP contribution is -2.27. The molecule has 0 saturated carbocycles. The Balaban J connectivity index is 1.98. The Morgan fingerprint density at radius 3 is 2.71 bits per heavy atom. The lowest BCUT2D eigenvalue weighted by molar-refractivity contribution is 0.0948. The van der Waals surface area contributed by atoms with Crippen molar-refractivity contribution in [1.82, 2.24) is 15.3 Å². The molecule has 0 spiro atoms. The number of nitrogens with one attached hydrogen (secondary N) is 2. The first-order valence-corrected chi connectivity index (χ1v) is 8.02. The number of carbonyl (C=O) groups is 1. The van der Waals surface area contributed by atoms with E-state index in [1.165, 1.54) is 0 Å². The molecule has 128 valence electrons. The Hall–Kier alpha value is -2.63. The third-order valence-corrected chi connectivity index (χ3v) is 3.38. The molecule has 2 aromatic rings. The van der Waals surface area contributed by atoms with E-state index in [2.05, 4.69) is 20.6 Å². The van der Waals surface area contributed by atoms with Gasteiger partial charge in [-0.15, -0.1) is 0 Å². The van der Waals surface area contributed by atoms with Crippen molar-refractivity contribution in [2.24, 2.45) is 0 Å². The van der Waals surface area contributed by atoms with Gasteiger partial charge in [-0.1, -0.05) is 18.2 Å². The van der Waals surface area contributed by atoms with Gasteiger partial charge in [0.05, 0.1) is 7.11 Å².